The monoisotopic (exact) mass is 278 g/mol. The second-order valence-corrected chi connectivity index (χ2v) is 5.83. The molecule has 2 rings (SSSR count). The molecule has 0 amide bonds. The predicted molar refractivity (Wildman–Crippen MR) is 83.1 cm³/mol. The minimum Gasteiger partial charge on any atom is -0.322 e. The van der Waals surface area contributed by atoms with Crippen LogP contribution < -0.4 is 0 Å². The highest BCUT2D eigenvalue weighted by molar-refractivity contribution is 6.17. The van der Waals surface area contributed by atoms with Crippen LogP contribution in [0.25, 0.3) is 11.0 Å². The van der Waals surface area contributed by atoms with Crippen molar-refractivity contribution < 1.29 is 0 Å². The van der Waals surface area contributed by atoms with Gasteiger partial charge in [-0.05, 0) is 38.3 Å². The van der Waals surface area contributed by atoms with Gasteiger partial charge >= 0.3 is 0 Å². The second-order valence-electron chi connectivity index (χ2n) is 5.45. The van der Waals surface area contributed by atoms with E-state index in [9.17, 15) is 0 Å². The molecular formula is C16H23ClN2. The first-order valence-electron chi connectivity index (χ1n) is 7.10. The first-order valence-corrected chi connectivity index (χ1v) is 7.64. The molecule has 0 radical (unpaired) electrons. The van der Waals surface area contributed by atoms with Crippen molar-refractivity contribution in [2.24, 2.45) is 0 Å². The Morgan fingerprint density at radius 2 is 1.95 bits per heavy atom. The first kappa shape index (κ1) is 14.4. The Morgan fingerprint density at radius 3 is 2.53 bits per heavy atom. The molecule has 0 aliphatic heterocycles. The van der Waals surface area contributed by atoms with Gasteiger partial charge in [0.15, 0.2) is 0 Å². The molecule has 1 aromatic carbocycles. The third-order valence-corrected chi connectivity index (χ3v) is 4.52. The number of fused-ring (bicyclic) bond motifs is 1. The molecule has 104 valence electrons. The van der Waals surface area contributed by atoms with Crippen molar-refractivity contribution in [2.45, 2.75) is 52.5 Å². The van der Waals surface area contributed by atoms with Crippen LogP contribution in [0.2, 0.25) is 0 Å². The summed E-state index contributed by atoms with van der Waals surface area (Å²) in [5, 5.41) is 0. The van der Waals surface area contributed by atoms with Gasteiger partial charge < -0.3 is 4.57 Å². The van der Waals surface area contributed by atoms with Crippen LogP contribution in [-0.4, -0.2) is 15.4 Å². The maximum Gasteiger partial charge on any atom is 0.111 e. The highest BCUT2D eigenvalue weighted by atomic mass is 35.5. The van der Waals surface area contributed by atoms with Crippen LogP contribution in [0, 0.1) is 6.92 Å². The lowest BCUT2D eigenvalue weighted by Crippen LogP contribution is -2.30. The third kappa shape index (κ3) is 2.38. The number of aryl methyl sites for hydroxylation is 2. The summed E-state index contributed by atoms with van der Waals surface area (Å²) < 4.78 is 2.43. The minimum absolute atomic E-state index is 0.113. The topological polar surface area (TPSA) is 17.8 Å². The Bertz CT molecular complexity index is 567. The molecule has 1 aromatic heterocycles. The van der Waals surface area contributed by atoms with Gasteiger partial charge in [0, 0.05) is 17.8 Å². The molecule has 0 saturated heterocycles. The molecule has 0 N–H and O–H groups in total. The number of para-hydroxylation sites is 1. The predicted octanol–water partition coefficient (Wildman–Crippen LogP) is 4.66. The van der Waals surface area contributed by atoms with Gasteiger partial charge in [-0.1, -0.05) is 26.0 Å². The molecule has 0 fully saturated rings. The average Bonchev–Trinajstić information content (AvgIpc) is 2.78. The number of aromatic nitrogens is 2. The van der Waals surface area contributed by atoms with Crippen LogP contribution in [0.3, 0.4) is 0 Å². The summed E-state index contributed by atoms with van der Waals surface area (Å²) in [6.07, 6.45) is 3.02. The van der Waals surface area contributed by atoms with Crippen molar-refractivity contribution in [2.75, 3.05) is 5.88 Å². The molecule has 3 heteroatoms. The zero-order valence-corrected chi connectivity index (χ0v) is 13.1. The van der Waals surface area contributed by atoms with Crippen LogP contribution >= 0.6 is 11.6 Å². The van der Waals surface area contributed by atoms with Gasteiger partial charge in [-0.15, -0.1) is 11.6 Å². The molecule has 0 aliphatic rings. The summed E-state index contributed by atoms with van der Waals surface area (Å²) in [7, 11) is 0. The van der Waals surface area contributed by atoms with Crippen molar-refractivity contribution in [3.8, 4) is 0 Å². The van der Waals surface area contributed by atoms with E-state index < -0.39 is 0 Å². The summed E-state index contributed by atoms with van der Waals surface area (Å²) in [4.78, 5) is 4.80. The summed E-state index contributed by atoms with van der Waals surface area (Å²) in [5.74, 6) is 1.73. The summed E-state index contributed by atoms with van der Waals surface area (Å²) in [5.41, 5.74) is 3.77. The Labute approximate surface area is 120 Å². The normalized spacial score (nSPS) is 12.3. The minimum atomic E-state index is 0.113. The molecule has 2 aromatic rings. The molecule has 1 heterocycles. The maximum absolute atomic E-state index is 5.96. The van der Waals surface area contributed by atoms with E-state index in [-0.39, 0.29) is 5.54 Å². The molecule has 0 saturated carbocycles. The fraction of sp³-hybridized carbons (Fsp3) is 0.562. The number of imidazole rings is 1. The summed E-state index contributed by atoms with van der Waals surface area (Å²) in [6.45, 7) is 8.98. The zero-order valence-electron chi connectivity index (χ0n) is 12.3. The van der Waals surface area contributed by atoms with E-state index in [4.69, 9.17) is 16.6 Å². The summed E-state index contributed by atoms with van der Waals surface area (Å²) >= 11 is 5.96. The molecule has 19 heavy (non-hydrogen) atoms. The van der Waals surface area contributed by atoms with Crippen LogP contribution in [0.4, 0.5) is 0 Å². The van der Waals surface area contributed by atoms with Crippen LogP contribution in [0.1, 0.15) is 45.0 Å². The first-order chi connectivity index (χ1) is 9.07. The molecule has 0 atom stereocenters. The van der Waals surface area contributed by atoms with Gasteiger partial charge in [0.2, 0.25) is 0 Å². The van der Waals surface area contributed by atoms with Gasteiger partial charge in [0.25, 0.3) is 0 Å². The van der Waals surface area contributed by atoms with E-state index >= 15 is 0 Å². The Morgan fingerprint density at radius 1 is 1.26 bits per heavy atom. The van der Waals surface area contributed by atoms with E-state index in [0.717, 1.165) is 30.6 Å². The van der Waals surface area contributed by atoms with Crippen molar-refractivity contribution in [1.82, 2.24) is 9.55 Å². The van der Waals surface area contributed by atoms with E-state index in [1.807, 2.05) is 0 Å². The number of hydrogen-bond donors (Lipinski definition) is 0. The lowest BCUT2D eigenvalue weighted by molar-refractivity contribution is 0.294. The van der Waals surface area contributed by atoms with Gasteiger partial charge in [-0.25, -0.2) is 4.98 Å². The Hall–Kier alpha value is -1.02. The van der Waals surface area contributed by atoms with E-state index in [2.05, 4.69) is 50.5 Å². The van der Waals surface area contributed by atoms with Crippen molar-refractivity contribution in [1.29, 1.82) is 0 Å². The van der Waals surface area contributed by atoms with E-state index in [1.165, 1.54) is 11.1 Å². The molecule has 0 spiro atoms. The van der Waals surface area contributed by atoms with Gasteiger partial charge in [0.05, 0.1) is 11.0 Å². The number of hydrogen-bond acceptors (Lipinski definition) is 1. The van der Waals surface area contributed by atoms with E-state index in [1.54, 1.807) is 0 Å². The zero-order chi connectivity index (χ0) is 14.0. The number of alkyl halides is 1. The van der Waals surface area contributed by atoms with Crippen LogP contribution in [0.5, 0.6) is 0 Å². The number of benzene rings is 1. The van der Waals surface area contributed by atoms with Gasteiger partial charge in [-0.3, -0.25) is 0 Å². The van der Waals surface area contributed by atoms with Crippen molar-refractivity contribution in [3.05, 3.63) is 29.6 Å². The quantitative estimate of drug-likeness (QED) is 0.727. The van der Waals surface area contributed by atoms with Crippen LogP contribution in [-0.2, 0) is 12.0 Å². The van der Waals surface area contributed by atoms with Crippen molar-refractivity contribution in [3.63, 3.8) is 0 Å². The maximum atomic E-state index is 5.96. The second kappa shape index (κ2) is 5.54. The fourth-order valence-electron chi connectivity index (χ4n) is 2.74. The number of halogens is 1. The van der Waals surface area contributed by atoms with Gasteiger partial charge in [0.1, 0.15) is 5.82 Å². The van der Waals surface area contributed by atoms with Crippen molar-refractivity contribution >= 4 is 22.6 Å². The molecular weight excluding hydrogens is 256 g/mol. The molecule has 0 unspecified atom stereocenters. The number of nitrogens with zero attached hydrogens (tertiary/aromatic N) is 2. The van der Waals surface area contributed by atoms with Gasteiger partial charge in [-0.2, -0.15) is 0 Å². The summed E-state index contributed by atoms with van der Waals surface area (Å²) in [6, 6.07) is 6.34. The standard InChI is InChI=1S/C16H23ClN2/c1-5-16(4,6-2)19-14(10-11-17)18-13-9-7-8-12(3)15(13)19/h7-9H,5-6,10-11H2,1-4H3. The highest BCUT2D eigenvalue weighted by Crippen LogP contribution is 2.32. The SMILES string of the molecule is CCC(C)(CC)n1c(CCCl)nc2cccc(C)c21. The average molecular weight is 279 g/mol. The third-order valence-electron chi connectivity index (χ3n) is 4.33. The molecule has 0 aliphatic carbocycles. The lowest BCUT2D eigenvalue weighted by Gasteiger charge is -2.32. The lowest BCUT2D eigenvalue weighted by atomic mass is 9.94. The smallest absolute Gasteiger partial charge is 0.111 e. The Balaban J connectivity index is 2.77. The molecule has 0 bridgehead atoms. The molecule has 2 nitrogen and oxygen atoms in total. The fourth-order valence-corrected chi connectivity index (χ4v) is 2.91. The Kier molecular flexibility index (Phi) is 4.19. The largest absolute Gasteiger partial charge is 0.322 e. The van der Waals surface area contributed by atoms with E-state index in [0.29, 0.717) is 5.88 Å². The highest BCUT2D eigenvalue weighted by Gasteiger charge is 2.27. The van der Waals surface area contributed by atoms with Crippen LogP contribution in [0.15, 0.2) is 18.2 Å². The number of rotatable bonds is 5.